The number of fused-ring (bicyclic) bond motifs is 3. The number of benzene rings is 2. The van der Waals surface area contributed by atoms with E-state index in [0.29, 0.717) is 30.7 Å². The highest BCUT2D eigenvalue weighted by molar-refractivity contribution is 5.69. The molecule has 7 heteroatoms. The van der Waals surface area contributed by atoms with Gasteiger partial charge in [0.2, 0.25) is 0 Å². The molecule has 3 fully saturated rings. The van der Waals surface area contributed by atoms with Crippen molar-refractivity contribution in [3.63, 3.8) is 0 Å². The maximum absolute atomic E-state index is 6.32. The smallest absolute Gasteiger partial charge is 0.318 e. The van der Waals surface area contributed by atoms with Crippen LogP contribution in [0.3, 0.4) is 0 Å². The Labute approximate surface area is 225 Å². The minimum absolute atomic E-state index is 0.449. The van der Waals surface area contributed by atoms with Gasteiger partial charge in [0, 0.05) is 49.0 Å². The number of hydrogen-bond acceptors (Lipinski definition) is 7. The normalized spacial score (nSPS) is 25.0. The average molecular weight is 511 g/mol. The van der Waals surface area contributed by atoms with Crippen LogP contribution in [0.5, 0.6) is 6.01 Å². The summed E-state index contributed by atoms with van der Waals surface area (Å²) in [6, 6.07) is 21.7. The Morgan fingerprint density at radius 1 is 0.895 bits per heavy atom. The van der Waals surface area contributed by atoms with E-state index in [2.05, 4.69) is 81.7 Å². The van der Waals surface area contributed by atoms with Gasteiger partial charge in [0.1, 0.15) is 12.4 Å². The van der Waals surface area contributed by atoms with Crippen molar-refractivity contribution in [1.29, 1.82) is 0 Å². The molecule has 3 saturated heterocycles. The van der Waals surface area contributed by atoms with Gasteiger partial charge in [-0.25, -0.2) is 0 Å². The van der Waals surface area contributed by atoms with Crippen LogP contribution in [0, 0.1) is 0 Å². The quantitative estimate of drug-likeness (QED) is 0.535. The fraction of sp³-hybridized carbons (Fsp3) is 0.484. The van der Waals surface area contributed by atoms with Gasteiger partial charge in [0.15, 0.2) is 0 Å². The van der Waals surface area contributed by atoms with Crippen LogP contribution in [-0.2, 0) is 13.0 Å². The average Bonchev–Trinajstić information content (AvgIpc) is 3.54. The SMILES string of the molecule is CN1CCC[C@H]1COc1nc2c(c(N3CC4CCC(C3)N4)n1)CCN(c1cccc(-c3ccccc3)c1)C2. The molecule has 0 aliphatic carbocycles. The van der Waals surface area contributed by atoms with Crippen LogP contribution in [0.1, 0.15) is 36.9 Å². The summed E-state index contributed by atoms with van der Waals surface area (Å²) in [5.41, 5.74) is 6.17. The van der Waals surface area contributed by atoms with E-state index >= 15 is 0 Å². The van der Waals surface area contributed by atoms with Crippen molar-refractivity contribution >= 4 is 11.5 Å². The third-order valence-corrected chi connectivity index (χ3v) is 8.93. The third kappa shape index (κ3) is 4.74. The number of rotatable bonds is 6. The number of nitrogens with zero attached hydrogens (tertiary/aromatic N) is 5. The van der Waals surface area contributed by atoms with E-state index < -0.39 is 0 Å². The fourth-order valence-electron chi connectivity index (χ4n) is 6.78. The summed E-state index contributed by atoms with van der Waals surface area (Å²) >= 11 is 0. The molecule has 7 rings (SSSR count). The molecule has 4 aliphatic rings. The van der Waals surface area contributed by atoms with Gasteiger partial charge >= 0.3 is 6.01 Å². The van der Waals surface area contributed by atoms with Crippen LogP contribution in [0.15, 0.2) is 54.6 Å². The Bertz CT molecular complexity index is 1270. The summed E-state index contributed by atoms with van der Waals surface area (Å²) in [4.78, 5) is 17.5. The van der Waals surface area contributed by atoms with Gasteiger partial charge in [-0.2, -0.15) is 9.97 Å². The lowest BCUT2D eigenvalue weighted by molar-refractivity contribution is 0.187. The number of nitrogens with one attached hydrogen (secondary N) is 1. The molecule has 1 aromatic heterocycles. The monoisotopic (exact) mass is 510 g/mol. The Morgan fingerprint density at radius 2 is 1.71 bits per heavy atom. The molecule has 7 nitrogen and oxygen atoms in total. The topological polar surface area (TPSA) is 56.8 Å². The van der Waals surface area contributed by atoms with Gasteiger partial charge in [-0.3, -0.25) is 0 Å². The van der Waals surface area contributed by atoms with Gasteiger partial charge in [0.05, 0.1) is 12.2 Å². The maximum atomic E-state index is 6.32. The Balaban J connectivity index is 1.18. The molecule has 5 heterocycles. The van der Waals surface area contributed by atoms with E-state index in [4.69, 9.17) is 14.7 Å². The summed E-state index contributed by atoms with van der Waals surface area (Å²) in [7, 11) is 2.19. The zero-order valence-electron chi connectivity index (χ0n) is 22.4. The zero-order chi connectivity index (χ0) is 25.5. The fourth-order valence-corrected chi connectivity index (χ4v) is 6.78. The van der Waals surface area contributed by atoms with Gasteiger partial charge < -0.3 is 24.8 Å². The van der Waals surface area contributed by atoms with Crippen molar-refractivity contribution in [2.24, 2.45) is 0 Å². The molecule has 38 heavy (non-hydrogen) atoms. The lowest BCUT2D eigenvalue weighted by atomic mass is 10.0. The molecule has 3 atom stereocenters. The second-order valence-corrected chi connectivity index (χ2v) is 11.5. The predicted molar refractivity (Wildman–Crippen MR) is 152 cm³/mol. The first-order valence-corrected chi connectivity index (χ1v) is 14.3. The van der Waals surface area contributed by atoms with E-state index in [0.717, 1.165) is 50.7 Å². The van der Waals surface area contributed by atoms with Crippen molar-refractivity contribution in [2.45, 2.75) is 56.8 Å². The first-order chi connectivity index (χ1) is 18.7. The minimum Gasteiger partial charge on any atom is -0.462 e. The molecule has 0 saturated carbocycles. The lowest BCUT2D eigenvalue weighted by Gasteiger charge is -2.37. The number of ether oxygens (including phenoxy) is 1. The first-order valence-electron chi connectivity index (χ1n) is 14.3. The number of hydrogen-bond donors (Lipinski definition) is 1. The van der Waals surface area contributed by atoms with Crippen LogP contribution < -0.4 is 19.9 Å². The standard InChI is InChI=1S/C31H38N6O/c1-35-15-6-11-27(35)21-38-31-33-29-20-36(26-10-5-9-23(17-26)22-7-3-2-4-8-22)16-14-28(29)30(34-31)37-18-24-12-13-25(19-37)32-24/h2-5,7-10,17,24-25,27,32H,6,11-16,18-21H2,1H3/t24?,25?,27-/m0/s1. The molecule has 2 unspecified atom stereocenters. The summed E-state index contributed by atoms with van der Waals surface area (Å²) < 4.78 is 6.32. The second-order valence-electron chi connectivity index (χ2n) is 11.5. The van der Waals surface area contributed by atoms with Crippen LogP contribution >= 0.6 is 0 Å². The molecule has 0 radical (unpaired) electrons. The van der Waals surface area contributed by atoms with Crippen molar-refractivity contribution in [3.05, 3.63) is 65.9 Å². The predicted octanol–water partition coefficient (Wildman–Crippen LogP) is 4.12. The molecular formula is C31H38N6O. The lowest BCUT2D eigenvalue weighted by Crippen LogP contribution is -2.52. The van der Waals surface area contributed by atoms with Crippen LogP contribution in [0.2, 0.25) is 0 Å². The summed E-state index contributed by atoms with van der Waals surface area (Å²) in [5.74, 6) is 1.11. The molecular weight excluding hydrogens is 472 g/mol. The highest BCUT2D eigenvalue weighted by atomic mass is 16.5. The molecule has 4 aliphatic heterocycles. The molecule has 198 valence electrons. The van der Waals surface area contributed by atoms with Crippen molar-refractivity contribution in [3.8, 4) is 17.1 Å². The molecule has 0 spiro atoms. The van der Waals surface area contributed by atoms with Crippen molar-refractivity contribution < 1.29 is 4.74 Å². The van der Waals surface area contributed by atoms with E-state index in [1.54, 1.807) is 0 Å². The van der Waals surface area contributed by atoms with Gasteiger partial charge in [0.25, 0.3) is 0 Å². The minimum atomic E-state index is 0.449. The maximum Gasteiger partial charge on any atom is 0.318 e. The van der Waals surface area contributed by atoms with E-state index in [1.807, 2.05) is 0 Å². The molecule has 3 aromatic rings. The molecule has 2 bridgehead atoms. The Hall–Kier alpha value is -3.16. The van der Waals surface area contributed by atoms with Crippen LogP contribution in [0.25, 0.3) is 11.1 Å². The van der Waals surface area contributed by atoms with Gasteiger partial charge in [-0.1, -0.05) is 42.5 Å². The summed E-state index contributed by atoms with van der Waals surface area (Å²) in [6.07, 6.45) is 5.89. The van der Waals surface area contributed by atoms with Crippen molar-refractivity contribution in [2.75, 3.05) is 49.6 Å². The van der Waals surface area contributed by atoms with E-state index in [-0.39, 0.29) is 0 Å². The largest absolute Gasteiger partial charge is 0.462 e. The molecule has 0 amide bonds. The molecule has 1 N–H and O–H groups in total. The number of piperazine rings is 1. The summed E-state index contributed by atoms with van der Waals surface area (Å²) in [5, 5.41) is 3.77. The van der Waals surface area contributed by atoms with E-state index in [9.17, 15) is 0 Å². The van der Waals surface area contributed by atoms with Crippen molar-refractivity contribution in [1.82, 2.24) is 20.2 Å². The highest BCUT2D eigenvalue weighted by Crippen LogP contribution is 2.34. The number of aromatic nitrogens is 2. The number of likely N-dealkylation sites (N-methyl/N-ethyl adjacent to an activating group) is 1. The Morgan fingerprint density at radius 3 is 2.50 bits per heavy atom. The number of likely N-dealkylation sites (tertiary alicyclic amines) is 1. The third-order valence-electron chi connectivity index (χ3n) is 8.93. The zero-order valence-corrected chi connectivity index (χ0v) is 22.4. The van der Waals surface area contributed by atoms with Gasteiger partial charge in [-0.05, 0) is 69.0 Å². The van der Waals surface area contributed by atoms with Crippen LogP contribution in [-0.4, -0.2) is 72.8 Å². The number of anilines is 2. The highest BCUT2D eigenvalue weighted by Gasteiger charge is 2.35. The second kappa shape index (κ2) is 10.2. The summed E-state index contributed by atoms with van der Waals surface area (Å²) in [6.45, 7) is 5.59. The van der Waals surface area contributed by atoms with E-state index in [1.165, 1.54) is 48.1 Å². The van der Waals surface area contributed by atoms with Crippen LogP contribution in [0.4, 0.5) is 11.5 Å². The first kappa shape index (κ1) is 23.9. The van der Waals surface area contributed by atoms with Gasteiger partial charge in [-0.15, -0.1) is 0 Å². The Kier molecular flexibility index (Phi) is 6.42. The molecule has 2 aromatic carbocycles.